The number of hydrogen-bond acceptors (Lipinski definition) is 9. The van der Waals surface area contributed by atoms with Gasteiger partial charge in [-0.15, -0.1) is 0 Å². The van der Waals surface area contributed by atoms with Crippen molar-refractivity contribution in [3.8, 4) is 5.75 Å². The van der Waals surface area contributed by atoms with Gasteiger partial charge in [-0.05, 0) is 31.0 Å². The van der Waals surface area contributed by atoms with E-state index in [9.17, 15) is 9.18 Å². The van der Waals surface area contributed by atoms with E-state index in [-0.39, 0.29) is 16.7 Å². The normalized spacial score (nSPS) is 16.2. The molecule has 0 unspecified atom stereocenters. The molecule has 2 aliphatic rings. The van der Waals surface area contributed by atoms with Gasteiger partial charge in [0, 0.05) is 42.8 Å². The standard InChI is InChI=1S/C25H25FN8O2/c1-36-19-12-21(34-10-9-29-25(14-34)6-7-25)28-13-18(19)31-24-27-8-5-20(32-24)30-17-11-15-3-2-4-16(26)22(15)33-23(17)35/h2-5,8,11-13,29H,6-7,9-10,14H2,1H3,(H,33,35)(H2,27,30,31,32). The zero-order chi connectivity index (χ0) is 24.7. The molecule has 184 valence electrons. The first-order valence-corrected chi connectivity index (χ1v) is 11.7. The van der Waals surface area contributed by atoms with Crippen LogP contribution < -0.4 is 31.1 Å². The molecule has 4 heterocycles. The number of anilines is 5. The van der Waals surface area contributed by atoms with Crippen LogP contribution in [0.2, 0.25) is 0 Å². The third kappa shape index (κ3) is 4.29. The fourth-order valence-corrected chi connectivity index (χ4v) is 4.53. The molecular weight excluding hydrogens is 463 g/mol. The van der Waals surface area contributed by atoms with Crippen molar-refractivity contribution in [2.24, 2.45) is 0 Å². The SMILES string of the molecule is COc1cc(N2CCNC3(CC3)C2)ncc1Nc1nccc(Nc2cc3cccc(F)c3[nH]c2=O)n1. The number of ether oxygens (including phenoxy) is 1. The molecule has 0 bridgehead atoms. The highest BCUT2D eigenvalue weighted by Gasteiger charge is 2.45. The number of nitrogens with one attached hydrogen (secondary N) is 4. The topological polar surface area (TPSA) is 120 Å². The number of nitrogens with zero attached hydrogens (tertiary/aromatic N) is 4. The lowest BCUT2D eigenvalue weighted by Crippen LogP contribution is -2.52. The summed E-state index contributed by atoms with van der Waals surface area (Å²) >= 11 is 0. The number of piperazine rings is 1. The number of pyridine rings is 2. The lowest BCUT2D eigenvalue weighted by atomic mass is 10.2. The maximum Gasteiger partial charge on any atom is 0.272 e. The number of H-pyrrole nitrogens is 1. The first-order valence-electron chi connectivity index (χ1n) is 11.7. The molecule has 6 rings (SSSR count). The van der Waals surface area contributed by atoms with Crippen LogP contribution in [-0.2, 0) is 0 Å². The second-order valence-corrected chi connectivity index (χ2v) is 9.10. The van der Waals surface area contributed by atoms with Gasteiger partial charge in [-0.3, -0.25) is 4.79 Å². The molecule has 1 saturated carbocycles. The van der Waals surface area contributed by atoms with Gasteiger partial charge in [0.05, 0.1) is 18.8 Å². The monoisotopic (exact) mass is 488 g/mol. The molecule has 0 atom stereocenters. The smallest absolute Gasteiger partial charge is 0.272 e. The minimum absolute atomic E-state index is 0.161. The van der Waals surface area contributed by atoms with Crippen molar-refractivity contribution in [3.63, 3.8) is 0 Å². The Morgan fingerprint density at radius 1 is 1.14 bits per heavy atom. The molecule has 2 fully saturated rings. The van der Waals surface area contributed by atoms with Crippen molar-refractivity contribution in [1.29, 1.82) is 0 Å². The molecule has 0 amide bonds. The second-order valence-electron chi connectivity index (χ2n) is 9.10. The fraction of sp³-hybridized carbons (Fsp3) is 0.280. The van der Waals surface area contributed by atoms with Crippen molar-refractivity contribution in [2.75, 3.05) is 42.3 Å². The van der Waals surface area contributed by atoms with Crippen LogP contribution in [0.1, 0.15) is 12.8 Å². The summed E-state index contributed by atoms with van der Waals surface area (Å²) in [4.78, 5) is 30.7. The summed E-state index contributed by atoms with van der Waals surface area (Å²) in [6.07, 6.45) is 5.67. The van der Waals surface area contributed by atoms with Crippen LogP contribution in [0.25, 0.3) is 10.9 Å². The van der Waals surface area contributed by atoms with Crippen LogP contribution in [0.15, 0.2) is 53.6 Å². The Balaban J connectivity index is 1.22. The molecule has 0 radical (unpaired) electrons. The third-order valence-electron chi connectivity index (χ3n) is 6.62. The van der Waals surface area contributed by atoms with Gasteiger partial charge in [-0.25, -0.2) is 14.4 Å². The maximum absolute atomic E-state index is 14.0. The Bertz CT molecular complexity index is 1500. The van der Waals surface area contributed by atoms with E-state index < -0.39 is 11.4 Å². The molecule has 1 aliphatic carbocycles. The predicted octanol–water partition coefficient (Wildman–Crippen LogP) is 3.29. The van der Waals surface area contributed by atoms with Crippen molar-refractivity contribution in [3.05, 3.63) is 65.0 Å². The van der Waals surface area contributed by atoms with Crippen LogP contribution >= 0.6 is 0 Å². The largest absolute Gasteiger partial charge is 0.494 e. The van der Waals surface area contributed by atoms with Crippen molar-refractivity contribution >= 4 is 39.9 Å². The highest BCUT2D eigenvalue weighted by Crippen LogP contribution is 2.39. The Kier molecular flexibility index (Phi) is 5.41. The molecule has 10 nitrogen and oxygen atoms in total. The Labute approximate surface area is 205 Å². The van der Waals surface area contributed by atoms with Crippen molar-refractivity contribution in [1.82, 2.24) is 25.3 Å². The average Bonchev–Trinajstić information content (AvgIpc) is 3.63. The zero-order valence-electron chi connectivity index (χ0n) is 19.6. The van der Waals surface area contributed by atoms with E-state index in [0.29, 0.717) is 28.6 Å². The summed E-state index contributed by atoms with van der Waals surface area (Å²) in [6.45, 7) is 2.77. The number of fused-ring (bicyclic) bond motifs is 1. The Morgan fingerprint density at radius 3 is 2.86 bits per heavy atom. The lowest BCUT2D eigenvalue weighted by Gasteiger charge is -2.35. The number of halogens is 1. The number of rotatable bonds is 6. The molecule has 11 heteroatoms. The van der Waals surface area contributed by atoms with Crippen LogP contribution in [-0.4, -0.2) is 52.2 Å². The van der Waals surface area contributed by atoms with Crippen LogP contribution in [0.5, 0.6) is 5.75 Å². The van der Waals surface area contributed by atoms with Gasteiger partial charge >= 0.3 is 0 Å². The first-order chi connectivity index (χ1) is 17.5. The highest BCUT2D eigenvalue weighted by molar-refractivity contribution is 5.82. The third-order valence-corrected chi connectivity index (χ3v) is 6.62. The molecule has 36 heavy (non-hydrogen) atoms. The van der Waals surface area contributed by atoms with Crippen molar-refractivity contribution in [2.45, 2.75) is 18.4 Å². The average molecular weight is 489 g/mol. The molecule has 1 spiro atoms. The van der Waals surface area contributed by atoms with E-state index in [1.807, 2.05) is 6.07 Å². The van der Waals surface area contributed by atoms with Gasteiger partial charge in [0.1, 0.15) is 34.6 Å². The number of aromatic amines is 1. The van der Waals surface area contributed by atoms with Crippen molar-refractivity contribution < 1.29 is 9.13 Å². The molecular formula is C25H25FN8O2. The summed E-state index contributed by atoms with van der Waals surface area (Å²) < 4.78 is 19.6. The summed E-state index contributed by atoms with van der Waals surface area (Å²) in [5, 5.41) is 10.3. The van der Waals surface area contributed by atoms with E-state index in [4.69, 9.17) is 4.74 Å². The van der Waals surface area contributed by atoms with Crippen LogP contribution in [0.3, 0.4) is 0 Å². The molecule has 1 aromatic carbocycles. The van der Waals surface area contributed by atoms with Gasteiger partial charge < -0.3 is 30.6 Å². The number of para-hydroxylation sites is 1. The summed E-state index contributed by atoms with van der Waals surface area (Å²) in [6, 6.07) is 9.75. The predicted molar refractivity (Wildman–Crippen MR) is 136 cm³/mol. The molecule has 1 aliphatic heterocycles. The minimum atomic E-state index is -0.484. The fourth-order valence-electron chi connectivity index (χ4n) is 4.53. The van der Waals surface area contributed by atoms with E-state index in [1.54, 1.807) is 43.8 Å². The highest BCUT2D eigenvalue weighted by atomic mass is 19.1. The van der Waals surface area contributed by atoms with E-state index in [2.05, 4.69) is 40.8 Å². The quantitative estimate of drug-likeness (QED) is 0.324. The van der Waals surface area contributed by atoms with Crippen LogP contribution in [0, 0.1) is 5.82 Å². The maximum atomic E-state index is 14.0. The van der Waals surface area contributed by atoms with Crippen LogP contribution in [0.4, 0.5) is 33.3 Å². The number of aromatic nitrogens is 4. The van der Waals surface area contributed by atoms with Gasteiger partial charge in [-0.2, -0.15) is 4.98 Å². The molecule has 4 aromatic rings. The number of methoxy groups -OCH3 is 1. The Morgan fingerprint density at radius 2 is 2.03 bits per heavy atom. The van der Waals surface area contributed by atoms with E-state index in [1.165, 1.54) is 18.9 Å². The van der Waals surface area contributed by atoms with E-state index in [0.717, 1.165) is 25.5 Å². The van der Waals surface area contributed by atoms with Gasteiger partial charge in [0.2, 0.25) is 5.95 Å². The zero-order valence-corrected chi connectivity index (χ0v) is 19.6. The summed E-state index contributed by atoms with van der Waals surface area (Å²) in [5.74, 6) is 1.71. The number of hydrogen-bond donors (Lipinski definition) is 4. The lowest BCUT2D eigenvalue weighted by molar-refractivity contribution is 0.414. The summed E-state index contributed by atoms with van der Waals surface area (Å²) in [7, 11) is 1.61. The van der Waals surface area contributed by atoms with E-state index >= 15 is 0 Å². The summed E-state index contributed by atoms with van der Waals surface area (Å²) in [5.41, 5.74) is 0.809. The second kappa shape index (κ2) is 8.76. The van der Waals surface area contributed by atoms with Gasteiger partial charge in [0.25, 0.3) is 5.56 Å². The van der Waals surface area contributed by atoms with Gasteiger partial charge in [-0.1, -0.05) is 12.1 Å². The molecule has 1 saturated heterocycles. The van der Waals surface area contributed by atoms with Gasteiger partial charge in [0.15, 0.2) is 0 Å². The molecule has 4 N–H and O–H groups in total. The minimum Gasteiger partial charge on any atom is -0.494 e. The Hall–Kier alpha value is -4.25. The number of benzene rings is 1. The molecule has 3 aromatic heterocycles. The first kappa shape index (κ1) is 22.2.